The maximum atomic E-state index is 12.7. The van der Waals surface area contributed by atoms with Crippen molar-refractivity contribution >= 4 is 28.4 Å². The van der Waals surface area contributed by atoms with Gasteiger partial charge in [-0.25, -0.2) is 0 Å². The van der Waals surface area contributed by atoms with Gasteiger partial charge in [-0.3, -0.25) is 14.6 Å². The van der Waals surface area contributed by atoms with E-state index in [4.69, 9.17) is 5.73 Å². The summed E-state index contributed by atoms with van der Waals surface area (Å²) < 4.78 is 38.2. The number of halogens is 3. The Kier molecular flexibility index (Phi) is 5.30. The number of carbonyl (C=O) groups excluding carboxylic acids is 2. The Morgan fingerprint density at radius 1 is 1.07 bits per heavy atom. The fourth-order valence-electron chi connectivity index (χ4n) is 2.84. The van der Waals surface area contributed by atoms with Gasteiger partial charge in [-0.1, -0.05) is 30.3 Å². The molecular formula is C20H16F3N3O2. The van der Waals surface area contributed by atoms with Crippen LogP contribution in [0.5, 0.6) is 0 Å². The van der Waals surface area contributed by atoms with Crippen molar-refractivity contribution in [3.05, 3.63) is 71.9 Å². The van der Waals surface area contributed by atoms with E-state index in [0.29, 0.717) is 5.69 Å². The van der Waals surface area contributed by atoms with E-state index in [2.05, 4.69) is 10.3 Å². The highest BCUT2D eigenvalue weighted by Crippen LogP contribution is 2.31. The largest absolute Gasteiger partial charge is 0.416 e. The lowest BCUT2D eigenvalue weighted by atomic mass is 9.93. The Morgan fingerprint density at radius 3 is 2.39 bits per heavy atom. The SMILES string of the molecule is NC(=O)C[C@@H](C(=O)Nc1cnc2ccccc2c1)c1ccc(C(F)(F)F)cc1. The van der Waals surface area contributed by atoms with Crippen molar-refractivity contribution in [2.24, 2.45) is 5.73 Å². The zero-order valence-electron chi connectivity index (χ0n) is 14.5. The fourth-order valence-corrected chi connectivity index (χ4v) is 2.84. The maximum Gasteiger partial charge on any atom is 0.416 e. The van der Waals surface area contributed by atoms with Crippen LogP contribution < -0.4 is 11.1 Å². The van der Waals surface area contributed by atoms with Crippen LogP contribution in [0.15, 0.2) is 60.8 Å². The van der Waals surface area contributed by atoms with Gasteiger partial charge in [0.15, 0.2) is 0 Å². The van der Waals surface area contributed by atoms with Crippen LogP contribution in [0.25, 0.3) is 10.9 Å². The molecule has 144 valence electrons. The van der Waals surface area contributed by atoms with Gasteiger partial charge in [0.05, 0.1) is 28.9 Å². The first-order valence-electron chi connectivity index (χ1n) is 8.35. The second-order valence-corrected chi connectivity index (χ2v) is 6.25. The normalized spacial score (nSPS) is 12.5. The van der Waals surface area contributed by atoms with Crippen LogP contribution in [0.2, 0.25) is 0 Å². The third kappa shape index (κ3) is 4.46. The number of carbonyl (C=O) groups is 2. The molecule has 28 heavy (non-hydrogen) atoms. The molecule has 3 rings (SSSR count). The smallest absolute Gasteiger partial charge is 0.370 e. The second kappa shape index (κ2) is 7.67. The molecule has 2 aromatic carbocycles. The van der Waals surface area contributed by atoms with Crippen molar-refractivity contribution in [3.8, 4) is 0 Å². The standard InChI is InChI=1S/C20H16F3N3O2/c21-20(22,23)14-7-5-12(6-8-14)16(10-18(24)27)19(28)26-15-9-13-3-1-2-4-17(13)25-11-15/h1-9,11,16H,10H2,(H2,24,27)(H,26,28)/t16-/m1/s1. The van der Waals surface area contributed by atoms with Gasteiger partial charge in [-0.05, 0) is 29.8 Å². The van der Waals surface area contributed by atoms with Crippen LogP contribution in [0.3, 0.4) is 0 Å². The minimum Gasteiger partial charge on any atom is -0.370 e. The molecule has 0 unspecified atom stereocenters. The van der Waals surface area contributed by atoms with Crippen molar-refractivity contribution in [1.29, 1.82) is 0 Å². The van der Waals surface area contributed by atoms with Gasteiger partial charge >= 0.3 is 6.18 Å². The molecule has 1 atom stereocenters. The predicted octanol–water partition coefficient (Wildman–Crippen LogP) is 3.85. The summed E-state index contributed by atoms with van der Waals surface area (Å²) in [4.78, 5) is 28.3. The number of amides is 2. The van der Waals surface area contributed by atoms with Crippen LogP contribution in [0, 0.1) is 0 Å². The van der Waals surface area contributed by atoms with Crippen molar-refractivity contribution in [1.82, 2.24) is 4.98 Å². The number of nitrogens with one attached hydrogen (secondary N) is 1. The zero-order chi connectivity index (χ0) is 20.3. The van der Waals surface area contributed by atoms with E-state index in [1.165, 1.54) is 18.3 Å². The van der Waals surface area contributed by atoms with E-state index in [9.17, 15) is 22.8 Å². The molecule has 0 aliphatic rings. The number of primary amides is 1. The average molecular weight is 387 g/mol. The van der Waals surface area contributed by atoms with E-state index in [-0.39, 0.29) is 12.0 Å². The van der Waals surface area contributed by atoms with Gasteiger partial charge in [0.2, 0.25) is 11.8 Å². The van der Waals surface area contributed by atoms with E-state index in [1.807, 2.05) is 24.3 Å². The topological polar surface area (TPSA) is 85.1 Å². The Hall–Kier alpha value is -3.42. The maximum absolute atomic E-state index is 12.7. The van der Waals surface area contributed by atoms with Crippen molar-refractivity contribution < 1.29 is 22.8 Å². The summed E-state index contributed by atoms with van der Waals surface area (Å²) in [6.45, 7) is 0. The predicted molar refractivity (Wildman–Crippen MR) is 98.4 cm³/mol. The molecule has 2 amide bonds. The average Bonchev–Trinajstić information content (AvgIpc) is 2.65. The molecule has 0 fully saturated rings. The number of benzene rings is 2. The highest BCUT2D eigenvalue weighted by molar-refractivity contribution is 5.99. The molecule has 0 saturated heterocycles. The molecule has 1 heterocycles. The first-order chi connectivity index (χ1) is 13.2. The summed E-state index contributed by atoms with van der Waals surface area (Å²) in [5, 5.41) is 3.46. The van der Waals surface area contributed by atoms with E-state index in [0.717, 1.165) is 23.0 Å². The molecule has 0 aliphatic heterocycles. The molecule has 0 spiro atoms. The molecule has 0 aliphatic carbocycles. The van der Waals surface area contributed by atoms with E-state index < -0.39 is 29.5 Å². The third-order valence-electron chi connectivity index (χ3n) is 4.22. The Bertz CT molecular complexity index is 1020. The van der Waals surface area contributed by atoms with Crippen LogP contribution in [0.1, 0.15) is 23.5 Å². The highest BCUT2D eigenvalue weighted by Gasteiger charge is 2.31. The number of rotatable bonds is 5. The number of aromatic nitrogens is 1. The summed E-state index contributed by atoms with van der Waals surface area (Å²) >= 11 is 0. The van der Waals surface area contributed by atoms with Crippen LogP contribution >= 0.6 is 0 Å². The van der Waals surface area contributed by atoms with E-state index in [1.54, 1.807) is 6.07 Å². The van der Waals surface area contributed by atoms with Crippen LogP contribution in [-0.4, -0.2) is 16.8 Å². The molecule has 8 heteroatoms. The Morgan fingerprint density at radius 2 is 1.75 bits per heavy atom. The van der Waals surface area contributed by atoms with Crippen molar-refractivity contribution in [3.63, 3.8) is 0 Å². The quantitative estimate of drug-likeness (QED) is 0.697. The Labute approximate surface area is 158 Å². The molecule has 0 bridgehead atoms. The highest BCUT2D eigenvalue weighted by atomic mass is 19.4. The van der Waals surface area contributed by atoms with Gasteiger partial charge < -0.3 is 11.1 Å². The van der Waals surface area contributed by atoms with Crippen LogP contribution in [0.4, 0.5) is 18.9 Å². The van der Waals surface area contributed by atoms with Crippen molar-refractivity contribution in [2.45, 2.75) is 18.5 Å². The summed E-state index contributed by atoms with van der Waals surface area (Å²) in [5.41, 5.74) is 5.80. The third-order valence-corrected chi connectivity index (χ3v) is 4.22. The monoisotopic (exact) mass is 387 g/mol. The number of alkyl halides is 3. The first kappa shape index (κ1) is 19.3. The lowest BCUT2D eigenvalue weighted by Crippen LogP contribution is -2.26. The number of nitrogens with two attached hydrogens (primary N) is 1. The molecule has 3 aromatic rings. The van der Waals surface area contributed by atoms with Gasteiger partial charge in [-0.2, -0.15) is 13.2 Å². The van der Waals surface area contributed by atoms with E-state index >= 15 is 0 Å². The van der Waals surface area contributed by atoms with Gasteiger partial charge in [-0.15, -0.1) is 0 Å². The number of anilines is 1. The lowest BCUT2D eigenvalue weighted by molar-refractivity contribution is -0.137. The summed E-state index contributed by atoms with van der Waals surface area (Å²) in [6, 6.07) is 13.1. The van der Waals surface area contributed by atoms with Crippen LogP contribution in [-0.2, 0) is 15.8 Å². The van der Waals surface area contributed by atoms with Crippen molar-refractivity contribution in [2.75, 3.05) is 5.32 Å². The minimum atomic E-state index is -4.49. The number of nitrogens with zero attached hydrogens (tertiary/aromatic N) is 1. The number of hydrogen-bond donors (Lipinski definition) is 2. The lowest BCUT2D eigenvalue weighted by Gasteiger charge is -2.17. The summed E-state index contributed by atoms with van der Waals surface area (Å²) in [7, 11) is 0. The van der Waals surface area contributed by atoms with Gasteiger partial charge in [0.25, 0.3) is 0 Å². The molecule has 3 N–H and O–H groups in total. The molecule has 1 aromatic heterocycles. The zero-order valence-corrected chi connectivity index (χ0v) is 14.5. The molecule has 5 nitrogen and oxygen atoms in total. The Balaban J connectivity index is 1.85. The number of hydrogen-bond acceptors (Lipinski definition) is 3. The number of pyridine rings is 1. The van der Waals surface area contributed by atoms with Gasteiger partial charge in [0.1, 0.15) is 0 Å². The number of fused-ring (bicyclic) bond motifs is 1. The first-order valence-corrected chi connectivity index (χ1v) is 8.35. The second-order valence-electron chi connectivity index (χ2n) is 6.25. The fraction of sp³-hybridized carbons (Fsp3) is 0.150. The molecule has 0 radical (unpaired) electrons. The molecular weight excluding hydrogens is 371 g/mol. The minimum absolute atomic E-state index is 0.262. The number of para-hydroxylation sites is 1. The summed E-state index contributed by atoms with van der Waals surface area (Å²) in [6.07, 6.45) is -3.36. The summed E-state index contributed by atoms with van der Waals surface area (Å²) in [5.74, 6) is -2.32. The molecule has 0 saturated carbocycles. The van der Waals surface area contributed by atoms with Gasteiger partial charge in [0, 0.05) is 11.8 Å².